The smallest absolute Gasteiger partial charge is 0.149 e. The van der Waals surface area contributed by atoms with Gasteiger partial charge in [-0.2, -0.15) is 0 Å². The Balaban J connectivity index is 3.50. The van der Waals surface area contributed by atoms with Gasteiger partial charge in [0.05, 0.1) is 0 Å². The van der Waals surface area contributed by atoms with Crippen LogP contribution in [-0.2, 0) is 0 Å². The summed E-state index contributed by atoms with van der Waals surface area (Å²) in [5.74, 6) is 6.10. The van der Waals surface area contributed by atoms with Gasteiger partial charge in [-0.05, 0) is 13.8 Å². The molecule has 1 heterocycles. The van der Waals surface area contributed by atoms with Crippen molar-refractivity contribution in [3.05, 3.63) is 23.1 Å². The Bertz CT molecular complexity index is 299. The lowest BCUT2D eigenvalue weighted by Gasteiger charge is -2.03. The third kappa shape index (κ3) is 0.877. The van der Waals surface area contributed by atoms with Crippen LogP contribution in [0.1, 0.15) is 11.4 Å². The maximum Gasteiger partial charge on any atom is 0.149 e. The van der Waals surface area contributed by atoms with Crippen molar-refractivity contribution >= 4 is 0 Å². The lowest BCUT2D eigenvalue weighted by Crippen LogP contribution is -2.31. The minimum atomic E-state index is 0.313. The first-order valence-corrected chi connectivity index (χ1v) is 2.98. The van der Waals surface area contributed by atoms with Gasteiger partial charge in [0, 0.05) is 11.8 Å². The molecule has 54 valence electrons. The van der Waals surface area contributed by atoms with Gasteiger partial charge in [0.2, 0.25) is 0 Å². The van der Waals surface area contributed by atoms with Gasteiger partial charge >= 0.3 is 0 Å². The van der Waals surface area contributed by atoms with Crippen LogP contribution in [0.4, 0.5) is 0 Å². The first-order chi connectivity index (χ1) is 4.63. The highest BCUT2D eigenvalue weighted by Gasteiger charge is 1.94. The maximum atomic E-state index is 7.38. The molecule has 0 atom stereocenters. The number of rotatable bonds is 0. The molecule has 0 fully saturated rings. The number of aryl methyl sites for hydroxylation is 2. The fraction of sp³-hybridized carbons (Fsp3) is 0.333. The van der Waals surface area contributed by atoms with Crippen LogP contribution in [0, 0.1) is 19.3 Å². The molecular formula is C6H10N4. The SMILES string of the molecule is Cc1cnc(C)n(N)c1=N. The van der Waals surface area contributed by atoms with Gasteiger partial charge in [-0.1, -0.05) is 0 Å². The van der Waals surface area contributed by atoms with Crippen LogP contribution in [0.15, 0.2) is 6.20 Å². The molecule has 4 heteroatoms. The number of nitrogen functional groups attached to an aromatic ring is 1. The van der Waals surface area contributed by atoms with E-state index in [4.69, 9.17) is 11.3 Å². The quantitative estimate of drug-likeness (QED) is 0.483. The zero-order valence-corrected chi connectivity index (χ0v) is 6.05. The highest BCUT2D eigenvalue weighted by Crippen LogP contribution is 1.85. The molecule has 0 aromatic carbocycles. The fourth-order valence-corrected chi connectivity index (χ4v) is 0.665. The average molecular weight is 138 g/mol. The molecule has 1 aromatic rings. The normalized spacial score (nSPS) is 9.80. The third-order valence-corrected chi connectivity index (χ3v) is 1.41. The van der Waals surface area contributed by atoms with Crippen molar-refractivity contribution < 1.29 is 0 Å². The Morgan fingerprint density at radius 3 is 2.70 bits per heavy atom. The van der Waals surface area contributed by atoms with Gasteiger partial charge in [-0.15, -0.1) is 0 Å². The molecule has 1 aromatic heterocycles. The molecule has 4 nitrogen and oxygen atoms in total. The highest BCUT2D eigenvalue weighted by atomic mass is 15.3. The third-order valence-electron chi connectivity index (χ3n) is 1.41. The zero-order valence-electron chi connectivity index (χ0n) is 6.05. The summed E-state index contributed by atoms with van der Waals surface area (Å²) in [7, 11) is 0. The van der Waals surface area contributed by atoms with Gasteiger partial charge in [0.15, 0.2) is 0 Å². The van der Waals surface area contributed by atoms with Gasteiger partial charge < -0.3 is 5.84 Å². The minimum absolute atomic E-state index is 0.313. The van der Waals surface area contributed by atoms with Gasteiger partial charge in [0.25, 0.3) is 0 Å². The summed E-state index contributed by atoms with van der Waals surface area (Å²) >= 11 is 0. The highest BCUT2D eigenvalue weighted by molar-refractivity contribution is 5.02. The van der Waals surface area contributed by atoms with E-state index in [0.29, 0.717) is 11.3 Å². The van der Waals surface area contributed by atoms with Crippen LogP contribution >= 0.6 is 0 Å². The van der Waals surface area contributed by atoms with Gasteiger partial charge in [0.1, 0.15) is 11.3 Å². The first kappa shape index (κ1) is 6.80. The van der Waals surface area contributed by atoms with E-state index in [9.17, 15) is 0 Å². The average Bonchev–Trinajstić information content (AvgIpc) is 1.93. The number of hydrogen-bond acceptors (Lipinski definition) is 3. The predicted molar refractivity (Wildman–Crippen MR) is 37.7 cm³/mol. The molecule has 3 N–H and O–H groups in total. The first-order valence-electron chi connectivity index (χ1n) is 2.98. The minimum Gasteiger partial charge on any atom is -0.336 e. The Labute approximate surface area is 58.8 Å². The molecule has 0 aliphatic carbocycles. The summed E-state index contributed by atoms with van der Waals surface area (Å²) < 4.78 is 1.26. The molecular weight excluding hydrogens is 128 g/mol. The van der Waals surface area contributed by atoms with E-state index in [-0.39, 0.29) is 0 Å². The summed E-state index contributed by atoms with van der Waals surface area (Å²) in [6.45, 7) is 3.57. The van der Waals surface area contributed by atoms with E-state index in [1.54, 1.807) is 20.0 Å². The number of nitrogens with two attached hydrogens (primary N) is 1. The van der Waals surface area contributed by atoms with E-state index < -0.39 is 0 Å². The van der Waals surface area contributed by atoms with Crippen molar-refractivity contribution in [3.63, 3.8) is 0 Å². The van der Waals surface area contributed by atoms with Crippen LogP contribution < -0.4 is 11.3 Å². The summed E-state index contributed by atoms with van der Waals surface area (Å²) in [4.78, 5) is 3.96. The topological polar surface area (TPSA) is 67.7 Å². The Kier molecular flexibility index (Phi) is 1.45. The van der Waals surface area contributed by atoms with E-state index in [1.807, 2.05) is 0 Å². The molecule has 0 amide bonds. The van der Waals surface area contributed by atoms with Crippen molar-refractivity contribution in [1.29, 1.82) is 5.41 Å². The summed E-state index contributed by atoms with van der Waals surface area (Å²) in [5.41, 5.74) is 1.10. The van der Waals surface area contributed by atoms with Crippen LogP contribution in [0.5, 0.6) is 0 Å². The molecule has 0 bridgehead atoms. The molecule has 0 radical (unpaired) electrons. The van der Waals surface area contributed by atoms with Crippen molar-refractivity contribution in [2.45, 2.75) is 13.8 Å². The Morgan fingerprint density at radius 2 is 2.20 bits per heavy atom. The monoisotopic (exact) mass is 138 g/mol. The number of nitrogens with zero attached hydrogens (tertiary/aromatic N) is 2. The van der Waals surface area contributed by atoms with E-state index >= 15 is 0 Å². The second-order valence-corrected chi connectivity index (χ2v) is 2.21. The largest absolute Gasteiger partial charge is 0.336 e. The van der Waals surface area contributed by atoms with Gasteiger partial charge in [-0.3, -0.25) is 5.41 Å². The van der Waals surface area contributed by atoms with Crippen LogP contribution in [0.25, 0.3) is 0 Å². The second kappa shape index (κ2) is 2.13. The molecule has 10 heavy (non-hydrogen) atoms. The molecule has 0 saturated heterocycles. The van der Waals surface area contributed by atoms with Crippen LogP contribution in [-0.4, -0.2) is 9.66 Å². The van der Waals surface area contributed by atoms with Crippen molar-refractivity contribution in [2.24, 2.45) is 0 Å². The second-order valence-electron chi connectivity index (χ2n) is 2.21. The zero-order chi connectivity index (χ0) is 7.72. The Morgan fingerprint density at radius 1 is 1.60 bits per heavy atom. The van der Waals surface area contributed by atoms with E-state index in [0.717, 1.165) is 5.56 Å². The van der Waals surface area contributed by atoms with Crippen LogP contribution in [0.2, 0.25) is 0 Å². The van der Waals surface area contributed by atoms with E-state index in [2.05, 4.69) is 4.98 Å². The molecule has 0 aliphatic heterocycles. The summed E-state index contributed by atoms with van der Waals surface area (Å²) in [5, 5.41) is 7.38. The van der Waals surface area contributed by atoms with Gasteiger partial charge in [-0.25, -0.2) is 9.66 Å². The van der Waals surface area contributed by atoms with E-state index in [1.165, 1.54) is 4.68 Å². The Hall–Kier alpha value is -1.32. The standard InChI is InChI=1S/C6H10N4/c1-4-3-9-5(2)10(8)6(4)7/h3,7H,8H2,1-2H3. The van der Waals surface area contributed by atoms with Crippen molar-refractivity contribution in [3.8, 4) is 0 Å². The number of aromatic nitrogens is 2. The fourth-order valence-electron chi connectivity index (χ4n) is 0.665. The van der Waals surface area contributed by atoms with Crippen molar-refractivity contribution in [2.75, 3.05) is 5.84 Å². The number of hydrogen-bond donors (Lipinski definition) is 2. The lowest BCUT2D eigenvalue weighted by molar-refractivity contribution is 0.781. The molecule has 0 aliphatic rings. The maximum absolute atomic E-state index is 7.38. The lowest BCUT2D eigenvalue weighted by atomic mass is 10.4. The molecule has 0 spiro atoms. The predicted octanol–water partition coefficient (Wildman–Crippen LogP) is -0.307. The van der Waals surface area contributed by atoms with Crippen molar-refractivity contribution in [1.82, 2.24) is 9.66 Å². The number of nitrogens with one attached hydrogen (secondary N) is 1. The molecule has 0 unspecified atom stereocenters. The molecule has 0 saturated carbocycles. The summed E-state index contributed by atoms with van der Waals surface area (Å²) in [6, 6.07) is 0. The summed E-state index contributed by atoms with van der Waals surface area (Å²) in [6.07, 6.45) is 1.64. The molecule has 1 rings (SSSR count). The van der Waals surface area contributed by atoms with Crippen LogP contribution in [0.3, 0.4) is 0 Å².